The Kier molecular flexibility index (Phi) is 7.33. The SMILES string of the molecule is N[C@H]1CC[C@@H](C(=O)Nc2cc(-c3cc(NCC4CCOCC4)ccc3Cl)c(Cl)cn2)C1. The molecule has 1 aromatic heterocycles. The molecule has 2 aliphatic rings. The second kappa shape index (κ2) is 10.2. The summed E-state index contributed by atoms with van der Waals surface area (Å²) in [5.74, 6) is 0.938. The van der Waals surface area contributed by atoms with E-state index in [9.17, 15) is 4.79 Å². The zero-order valence-electron chi connectivity index (χ0n) is 17.4. The third-order valence-corrected chi connectivity index (χ3v) is 6.77. The minimum absolute atomic E-state index is 0.0494. The van der Waals surface area contributed by atoms with Gasteiger partial charge in [-0.05, 0) is 62.3 Å². The van der Waals surface area contributed by atoms with E-state index in [0.29, 0.717) is 28.2 Å². The van der Waals surface area contributed by atoms with Crippen molar-refractivity contribution in [1.29, 1.82) is 0 Å². The van der Waals surface area contributed by atoms with E-state index >= 15 is 0 Å². The third-order valence-electron chi connectivity index (χ3n) is 6.14. The van der Waals surface area contributed by atoms with E-state index in [-0.39, 0.29) is 17.9 Å². The summed E-state index contributed by atoms with van der Waals surface area (Å²) in [6.45, 7) is 2.54. The monoisotopic (exact) mass is 462 g/mol. The summed E-state index contributed by atoms with van der Waals surface area (Å²) in [5, 5.41) is 7.48. The number of rotatable bonds is 6. The van der Waals surface area contributed by atoms with Crippen molar-refractivity contribution in [2.45, 2.75) is 38.1 Å². The van der Waals surface area contributed by atoms with Crippen LogP contribution in [-0.2, 0) is 9.53 Å². The molecule has 4 rings (SSSR count). The van der Waals surface area contributed by atoms with E-state index < -0.39 is 0 Å². The van der Waals surface area contributed by atoms with Crippen molar-refractivity contribution >= 4 is 40.6 Å². The fourth-order valence-corrected chi connectivity index (χ4v) is 4.68. The lowest BCUT2D eigenvalue weighted by atomic mass is 10.00. The lowest BCUT2D eigenvalue weighted by Gasteiger charge is -2.23. The van der Waals surface area contributed by atoms with Crippen LogP contribution in [0.25, 0.3) is 11.1 Å². The zero-order chi connectivity index (χ0) is 21.8. The number of pyridine rings is 1. The maximum absolute atomic E-state index is 12.6. The van der Waals surface area contributed by atoms with Gasteiger partial charge in [0.1, 0.15) is 5.82 Å². The Morgan fingerprint density at radius 2 is 1.87 bits per heavy atom. The first-order valence-corrected chi connectivity index (χ1v) is 11.6. The van der Waals surface area contributed by atoms with E-state index in [1.165, 1.54) is 0 Å². The van der Waals surface area contributed by atoms with Crippen LogP contribution in [0.1, 0.15) is 32.1 Å². The van der Waals surface area contributed by atoms with Crippen LogP contribution < -0.4 is 16.4 Å². The maximum Gasteiger partial charge on any atom is 0.228 e. The van der Waals surface area contributed by atoms with Gasteiger partial charge in [0.2, 0.25) is 5.91 Å². The van der Waals surface area contributed by atoms with Crippen LogP contribution in [0.2, 0.25) is 10.0 Å². The van der Waals surface area contributed by atoms with E-state index in [2.05, 4.69) is 15.6 Å². The Morgan fingerprint density at radius 1 is 1.10 bits per heavy atom. The molecule has 0 unspecified atom stereocenters. The topological polar surface area (TPSA) is 89.3 Å². The highest BCUT2D eigenvalue weighted by molar-refractivity contribution is 6.36. The van der Waals surface area contributed by atoms with Crippen LogP contribution in [0.15, 0.2) is 30.5 Å². The fourth-order valence-electron chi connectivity index (χ4n) is 4.25. The number of halogens is 2. The van der Waals surface area contributed by atoms with Gasteiger partial charge in [0, 0.05) is 59.8 Å². The van der Waals surface area contributed by atoms with Crippen molar-refractivity contribution in [2.75, 3.05) is 30.4 Å². The molecule has 1 saturated heterocycles. The lowest BCUT2D eigenvalue weighted by molar-refractivity contribution is -0.119. The van der Waals surface area contributed by atoms with Gasteiger partial charge in [-0.3, -0.25) is 4.79 Å². The van der Waals surface area contributed by atoms with Gasteiger partial charge in [-0.2, -0.15) is 0 Å². The Bertz CT molecular complexity index is 934. The number of aromatic nitrogens is 1. The molecular formula is C23H28Cl2N4O2. The highest BCUT2D eigenvalue weighted by atomic mass is 35.5. The van der Waals surface area contributed by atoms with Crippen LogP contribution in [0.4, 0.5) is 11.5 Å². The number of nitrogens with zero attached hydrogens (tertiary/aromatic N) is 1. The average Bonchev–Trinajstić information content (AvgIpc) is 3.22. The van der Waals surface area contributed by atoms with Crippen molar-refractivity contribution in [2.24, 2.45) is 17.6 Å². The smallest absolute Gasteiger partial charge is 0.228 e. The maximum atomic E-state index is 12.6. The molecule has 166 valence electrons. The number of carbonyl (C=O) groups is 1. The highest BCUT2D eigenvalue weighted by Crippen LogP contribution is 2.36. The number of carbonyl (C=O) groups excluding carboxylic acids is 1. The summed E-state index contributed by atoms with van der Waals surface area (Å²) in [6.07, 6.45) is 6.07. The molecule has 2 fully saturated rings. The molecule has 2 aromatic rings. The van der Waals surface area contributed by atoms with Crippen LogP contribution in [0.5, 0.6) is 0 Å². The molecule has 1 saturated carbocycles. The van der Waals surface area contributed by atoms with E-state index in [1.807, 2.05) is 18.2 Å². The Hall–Kier alpha value is -1.86. The summed E-state index contributed by atoms with van der Waals surface area (Å²) >= 11 is 13.0. The molecule has 6 nitrogen and oxygen atoms in total. The molecule has 1 amide bonds. The van der Waals surface area contributed by atoms with Crippen LogP contribution in [-0.4, -0.2) is 36.7 Å². The number of hydrogen-bond donors (Lipinski definition) is 3. The number of ether oxygens (including phenoxy) is 1. The number of nitrogens with two attached hydrogens (primary N) is 1. The molecule has 0 bridgehead atoms. The summed E-state index contributed by atoms with van der Waals surface area (Å²) in [4.78, 5) is 16.8. The lowest BCUT2D eigenvalue weighted by Crippen LogP contribution is -2.23. The van der Waals surface area contributed by atoms with Crippen molar-refractivity contribution in [1.82, 2.24) is 4.98 Å². The summed E-state index contributed by atoms with van der Waals surface area (Å²) in [6, 6.07) is 7.69. The molecule has 1 aliphatic carbocycles. The molecule has 4 N–H and O–H groups in total. The molecule has 8 heteroatoms. The minimum atomic E-state index is -0.0720. The van der Waals surface area contributed by atoms with Gasteiger partial charge in [0.05, 0.1) is 5.02 Å². The largest absolute Gasteiger partial charge is 0.385 e. The molecular weight excluding hydrogens is 435 g/mol. The van der Waals surface area contributed by atoms with E-state index in [1.54, 1.807) is 12.3 Å². The average molecular weight is 463 g/mol. The first-order chi connectivity index (χ1) is 15.0. The quantitative estimate of drug-likeness (QED) is 0.564. The molecule has 0 radical (unpaired) electrons. The standard InChI is InChI=1S/C23H28Cl2N4O2/c24-20-4-3-17(27-12-14-5-7-31-8-6-14)10-18(20)19-11-22(28-13-21(19)25)29-23(30)15-1-2-16(26)9-15/h3-4,10-11,13-16,27H,1-2,5-9,12,26H2,(H,28,29,30)/t15-,16+/m1/s1. The summed E-state index contributed by atoms with van der Waals surface area (Å²) in [7, 11) is 0. The first kappa shape index (κ1) is 22.3. The van der Waals surface area contributed by atoms with Gasteiger partial charge in [-0.15, -0.1) is 0 Å². The second-order valence-electron chi connectivity index (χ2n) is 8.44. The summed E-state index contributed by atoms with van der Waals surface area (Å²) < 4.78 is 5.43. The second-order valence-corrected chi connectivity index (χ2v) is 9.25. The van der Waals surface area contributed by atoms with Gasteiger partial charge in [-0.25, -0.2) is 4.98 Å². The molecule has 1 aromatic carbocycles. The highest BCUT2D eigenvalue weighted by Gasteiger charge is 2.28. The number of nitrogens with one attached hydrogen (secondary N) is 2. The zero-order valence-corrected chi connectivity index (χ0v) is 18.9. The molecule has 0 spiro atoms. The predicted molar refractivity (Wildman–Crippen MR) is 126 cm³/mol. The van der Waals surface area contributed by atoms with Crippen molar-refractivity contribution < 1.29 is 9.53 Å². The third kappa shape index (κ3) is 5.69. The number of amides is 1. The van der Waals surface area contributed by atoms with Crippen molar-refractivity contribution in [3.05, 3.63) is 40.5 Å². The molecule has 2 heterocycles. The van der Waals surface area contributed by atoms with Gasteiger partial charge in [0.25, 0.3) is 0 Å². The number of anilines is 2. The van der Waals surface area contributed by atoms with Crippen LogP contribution >= 0.6 is 23.2 Å². The van der Waals surface area contributed by atoms with Crippen molar-refractivity contribution in [3.63, 3.8) is 0 Å². The normalized spacial score (nSPS) is 21.8. The first-order valence-electron chi connectivity index (χ1n) is 10.8. The fraction of sp³-hybridized carbons (Fsp3) is 0.478. The van der Waals surface area contributed by atoms with E-state index in [4.69, 9.17) is 33.7 Å². The predicted octanol–water partition coefficient (Wildman–Crippen LogP) is 4.96. The van der Waals surface area contributed by atoms with Gasteiger partial charge in [0.15, 0.2) is 0 Å². The van der Waals surface area contributed by atoms with Crippen molar-refractivity contribution in [3.8, 4) is 11.1 Å². The minimum Gasteiger partial charge on any atom is -0.385 e. The van der Waals surface area contributed by atoms with Crippen LogP contribution in [0.3, 0.4) is 0 Å². The molecule has 31 heavy (non-hydrogen) atoms. The number of benzene rings is 1. The molecule has 1 aliphatic heterocycles. The summed E-state index contributed by atoms with van der Waals surface area (Å²) in [5.41, 5.74) is 8.44. The Balaban J connectivity index is 1.49. The van der Waals surface area contributed by atoms with Gasteiger partial charge < -0.3 is 21.1 Å². The van der Waals surface area contributed by atoms with Gasteiger partial charge >= 0.3 is 0 Å². The van der Waals surface area contributed by atoms with Gasteiger partial charge in [-0.1, -0.05) is 23.2 Å². The van der Waals surface area contributed by atoms with Crippen LogP contribution in [0, 0.1) is 11.8 Å². The molecule has 2 atom stereocenters. The van der Waals surface area contributed by atoms with E-state index in [0.717, 1.165) is 62.3 Å². The number of hydrogen-bond acceptors (Lipinski definition) is 5. The Labute approximate surface area is 192 Å². The Morgan fingerprint density at radius 3 is 2.61 bits per heavy atom.